The normalized spacial score (nSPS) is 10.2. The van der Waals surface area contributed by atoms with Crippen LogP contribution in [-0.4, -0.2) is 30.2 Å². The van der Waals surface area contributed by atoms with Gasteiger partial charge in [0.25, 0.3) is 5.91 Å². The van der Waals surface area contributed by atoms with Crippen LogP contribution in [0.2, 0.25) is 5.02 Å². The van der Waals surface area contributed by atoms with Crippen molar-refractivity contribution >= 4 is 46.5 Å². The third-order valence-electron chi connectivity index (χ3n) is 3.83. The van der Waals surface area contributed by atoms with E-state index in [2.05, 4.69) is 10.6 Å². The van der Waals surface area contributed by atoms with E-state index in [1.807, 2.05) is 13.8 Å². The predicted molar refractivity (Wildman–Crippen MR) is 118 cm³/mol. The lowest BCUT2D eigenvalue weighted by Crippen LogP contribution is -2.34. The summed E-state index contributed by atoms with van der Waals surface area (Å²) in [6.07, 6.45) is 1.79. The van der Waals surface area contributed by atoms with Gasteiger partial charge in [-0.25, -0.2) is 4.79 Å². The van der Waals surface area contributed by atoms with Gasteiger partial charge in [0, 0.05) is 11.3 Å². The first-order valence-electron chi connectivity index (χ1n) is 9.26. The van der Waals surface area contributed by atoms with Crippen LogP contribution in [0.15, 0.2) is 42.5 Å². The lowest BCUT2D eigenvalue weighted by Gasteiger charge is -2.11. The van der Waals surface area contributed by atoms with Crippen LogP contribution in [0.25, 0.3) is 0 Å². The molecule has 154 valence electrons. The Morgan fingerprint density at radius 2 is 1.76 bits per heavy atom. The highest BCUT2D eigenvalue weighted by Crippen LogP contribution is 2.25. The van der Waals surface area contributed by atoms with Crippen LogP contribution in [0.5, 0.6) is 5.75 Å². The molecule has 2 rings (SSSR count). The Labute approximate surface area is 180 Å². The van der Waals surface area contributed by atoms with Gasteiger partial charge in [-0.15, -0.1) is 0 Å². The van der Waals surface area contributed by atoms with Gasteiger partial charge in [-0.3, -0.25) is 10.1 Å². The number of ether oxygens (including phenoxy) is 2. The fourth-order valence-corrected chi connectivity index (χ4v) is 2.78. The van der Waals surface area contributed by atoms with E-state index in [4.69, 9.17) is 33.3 Å². The summed E-state index contributed by atoms with van der Waals surface area (Å²) in [5.41, 5.74) is 1.43. The molecule has 0 atom stereocenters. The minimum Gasteiger partial charge on any atom is -0.492 e. The minimum atomic E-state index is -0.399. The maximum Gasteiger partial charge on any atom is 0.338 e. The predicted octanol–water partition coefficient (Wildman–Crippen LogP) is 4.82. The first-order chi connectivity index (χ1) is 13.9. The Morgan fingerprint density at radius 3 is 2.38 bits per heavy atom. The SMILES string of the molecule is CCCCOC(=O)c1ccc(NC(=S)NC(=O)c2ccc(OCC)c(Cl)c2)cc1. The Kier molecular flexibility index (Phi) is 8.89. The molecular formula is C21H23ClN2O4S. The van der Waals surface area contributed by atoms with Gasteiger partial charge in [0.2, 0.25) is 0 Å². The van der Waals surface area contributed by atoms with Crippen LogP contribution in [-0.2, 0) is 4.74 Å². The van der Waals surface area contributed by atoms with E-state index in [0.29, 0.717) is 40.8 Å². The molecule has 0 bridgehead atoms. The van der Waals surface area contributed by atoms with Crippen LogP contribution >= 0.6 is 23.8 Å². The second kappa shape index (κ2) is 11.4. The summed E-state index contributed by atoms with van der Waals surface area (Å²) in [5, 5.41) is 5.95. The Bertz CT molecular complexity index is 871. The van der Waals surface area contributed by atoms with Crippen LogP contribution in [0.3, 0.4) is 0 Å². The molecule has 0 aromatic heterocycles. The molecular weight excluding hydrogens is 412 g/mol. The fraction of sp³-hybridized carbons (Fsp3) is 0.286. The molecule has 0 unspecified atom stereocenters. The molecule has 0 aliphatic rings. The zero-order valence-corrected chi connectivity index (χ0v) is 17.9. The molecule has 2 aromatic carbocycles. The van der Waals surface area contributed by atoms with Gasteiger partial charge in [-0.1, -0.05) is 24.9 Å². The molecule has 0 fully saturated rings. The average Bonchev–Trinajstić information content (AvgIpc) is 2.70. The number of hydrogen-bond donors (Lipinski definition) is 2. The van der Waals surface area contributed by atoms with Crippen molar-refractivity contribution in [3.63, 3.8) is 0 Å². The first kappa shape index (κ1) is 22.6. The van der Waals surface area contributed by atoms with Gasteiger partial charge in [0.1, 0.15) is 5.75 Å². The van der Waals surface area contributed by atoms with Crippen LogP contribution < -0.4 is 15.4 Å². The van der Waals surface area contributed by atoms with Crippen LogP contribution in [0.4, 0.5) is 5.69 Å². The molecule has 0 spiro atoms. The topological polar surface area (TPSA) is 76.7 Å². The maximum absolute atomic E-state index is 12.3. The number of rotatable bonds is 8. The number of benzene rings is 2. The number of hydrogen-bond acceptors (Lipinski definition) is 5. The third kappa shape index (κ3) is 7.03. The fourth-order valence-electron chi connectivity index (χ4n) is 2.33. The lowest BCUT2D eigenvalue weighted by molar-refractivity contribution is 0.0499. The number of thiocarbonyl (C=S) groups is 1. The summed E-state index contributed by atoms with van der Waals surface area (Å²) in [7, 11) is 0. The van der Waals surface area contributed by atoms with E-state index in [1.165, 1.54) is 6.07 Å². The number of nitrogens with one attached hydrogen (secondary N) is 2. The van der Waals surface area contributed by atoms with Gasteiger partial charge < -0.3 is 14.8 Å². The van der Waals surface area contributed by atoms with E-state index in [9.17, 15) is 9.59 Å². The minimum absolute atomic E-state index is 0.123. The largest absolute Gasteiger partial charge is 0.492 e. The van der Waals surface area contributed by atoms with Gasteiger partial charge in [0.15, 0.2) is 5.11 Å². The molecule has 0 saturated heterocycles. The highest BCUT2D eigenvalue weighted by molar-refractivity contribution is 7.80. The van der Waals surface area contributed by atoms with Crippen molar-refractivity contribution in [1.29, 1.82) is 0 Å². The molecule has 2 N–H and O–H groups in total. The quantitative estimate of drug-likeness (QED) is 0.352. The Morgan fingerprint density at radius 1 is 1.07 bits per heavy atom. The van der Waals surface area contributed by atoms with Crippen molar-refractivity contribution < 1.29 is 19.1 Å². The molecule has 2 aromatic rings. The molecule has 0 radical (unpaired) electrons. The van der Waals surface area contributed by atoms with E-state index >= 15 is 0 Å². The van der Waals surface area contributed by atoms with Crippen molar-refractivity contribution in [2.45, 2.75) is 26.7 Å². The lowest BCUT2D eigenvalue weighted by atomic mass is 10.2. The summed E-state index contributed by atoms with van der Waals surface area (Å²) in [6, 6.07) is 11.4. The molecule has 6 nitrogen and oxygen atoms in total. The van der Waals surface area contributed by atoms with Crippen molar-refractivity contribution in [1.82, 2.24) is 5.32 Å². The van der Waals surface area contributed by atoms with Crippen molar-refractivity contribution in [2.24, 2.45) is 0 Å². The summed E-state index contributed by atoms with van der Waals surface area (Å²) < 4.78 is 10.5. The second-order valence-corrected chi connectivity index (χ2v) is 6.87. The highest BCUT2D eigenvalue weighted by Gasteiger charge is 2.12. The van der Waals surface area contributed by atoms with Gasteiger partial charge in [0.05, 0.1) is 23.8 Å². The first-order valence-corrected chi connectivity index (χ1v) is 10.0. The smallest absolute Gasteiger partial charge is 0.338 e. The number of amides is 1. The number of carbonyl (C=O) groups excluding carboxylic acids is 2. The van der Waals surface area contributed by atoms with Gasteiger partial charge in [-0.05, 0) is 68.0 Å². The van der Waals surface area contributed by atoms with Crippen LogP contribution in [0.1, 0.15) is 47.4 Å². The van der Waals surface area contributed by atoms with Gasteiger partial charge in [-0.2, -0.15) is 0 Å². The van der Waals surface area contributed by atoms with Crippen molar-refractivity contribution in [3.8, 4) is 5.75 Å². The monoisotopic (exact) mass is 434 g/mol. The standard InChI is InChI=1S/C21H23ClN2O4S/c1-3-5-12-28-20(26)14-6-9-16(10-7-14)23-21(29)24-19(25)15-8-11-18(27-4-2)17(22)13-15/h6-11,13H,3-5,12H2,1-2H3,(H2,23,24,25,29). The Hall–Kier alpha value is -2.64. The Balaban J connectivity index is 1.90. The van der Waals surface area contributed by atoms with E-state index < -0.39 is 5.91 Å². The molecule has 29 heavy (non-hydrogen) atoms. The van der Waals surface area contributed by atoms with E-state index in [1.54, 1.807) is 36.4 Å². The second-order valence-electron chi connectivity index (χ2n) is 6.05. The third-order valence-corrected chi connectivity index (χ3v) is 4.33. The zero-order valence-electron chi connectivity index (χ0n) is 16.3. The van der Waals surface area contributed by atoms with Gasteiger partial charge >= 0.3 is 5.97 Å². The summed E-state index contributed by atoms with van der Waals surface area (Å²) in [6.45, 7) is 4.76. The number of anilines is 1. The molecule has 8 heteroatoms. The maximum atomic E-state index is 12.3. The van der Waals surface area contributed by atoms with Crippen LogP contribution in [0, 0.1) is 0 Å². The van der Waals surface area contributed by atoms with Crippen molar-refractivity contribution in [2.75, 3.05) is 18.5 Å². The summed E-state index contributed by atoms with van der Waals surface area (Å²) in [5.74, 6) is -0.253. The molecule has 1 amide bonds. The number of unbranched alkanes of at least 4 members (excludes halogenated alkanes) is 1. The van der Waals surface area contributed by atoms with Crippen molar-refractivity contribution in [3.05, 3.63) is 58.6 Å². The molecule has 0 aliphatic heterocycles. The molecule has 0 aliphatic carbocycles. The summed E-state index contributed by atoms with van der Waals surface area (Å²) in [4.78, 5) is 24.2. The molecule has 0 saturated carbocycles. The summed E-state index contributed by atoms with van der Waals surface area (Å²) >= 11 is 11.3. The number of carbonyl (C=O) groups is 2. The highest BCUT2D eigenvalue weighted by atomic mass is 35.5. The number of halogens is 1. The molecule has 0 heterocycles. The average molecular weight is 435 g/mol. The zero-order chi connectivity index (χ0) is 21.2. The van der Waals surface area contributed by atoms with E-state index in [-0.39, 0.29) is 11.1 Å². The number of esters is 1. The van der Waals surface area contributed by atoms with E-state index in [0.717, 1.165) is 12.8 Å².